The van der Waals surface area contributed by atoms with Gasteiger partial charge >= 0.3 is 6.36 Å². The van der Waals surface area contributed by atoms with Gasteiger partial charge in [-0.15, -0.1) is 13.2 Å². The summed E-state index contributed by atoms with van der Waals surface area (Å²) < 4.78 is 53.7. The number of hydrogen-bond donors (Lipinski definition) is 2. The average molecular weight is 588 g/mol. The van der Waals surface area contributed by atoms with Gasteiger partial charge in [0.2, 0.25) is 11.8 Å². The highest BCUT2D eigenvalue weighted by atomic mass is 32.2. The minimum absolute atomic E-state index is 0.0301. The van der Waals surface area contributed by atoms with Crippen LogP contribution >= 0.6 is 11.9 Å². The molecule has 2 heterocycles. The first-order valence-corrected chi connectivity index (χ1v) is 13.6. The van der Waals surface area contributed by atoms with Crippen molar-refractivity contribution in [2.45, 2.75) is 20.2 Å². The molecule has 0 atom stereocenters. The zero-order valence-corrected chi connectivity index (χ0v) is 24.0. The van der Waals surface area contributed by atoms with Crippen LogP contribution in [0, 0.1) is 13.8 Å². The van der Waals surface area contributed by atoms with E-state index in [0.717, 1.165) is 41.7 Å². The van der Waals surface area contributed by atoms with E-state index in [4.69, 9.17) is 10.5 Å². The van der Waals surface area contributed by atoms with Gasteiger partial charge in [-0.2, -0.15) is 4.98 Å². The van der Waals surface area contributed by atoms with Crippen molar-refractivity contribution in [1.29, 1.82) is 0 Å². The largest absolute Gasteiger partial charge is 0.573 e. The summed E-state index contributed by atoms with van der Waals surface area (Å²) in [5.74, 6) is -0.396. The standard InChI is InChI=1S/C28H32F3N7O2S/c1-18-6-5-7-19(2)26(18)22-15-25(35-27(34-22)36-41-21(16-32)17-33-3)39-23-9-8-20(14-24(23)40-28(29,30)31)38-12-10-37(4)11-13-38/h5-9,14-17H,10-13,32H2,1-4H3,(H,34,35,36)/b21-16+,33-17?. The maximum atomic E-state index is 13.4. The summed E-state index contributed by atoms with van der Waals surface area (Å²) in [6, 6.07) is 12.0. The Kier molecular flexibility index (Phi) is 9.61. The Balaban J connectivity index is 1.73. The van der Waals surface area contributed by atoms with E-state index < -0.39 is 12.1 Å². The summed E-state index contributed by atoms with van der Waals surface area (Å²) in [5, 5.41) is 0. The molecule has 0 spiro atoms. The second kappa shape index (κ2) is 13.1. The van der Waals surface area contributed by atoms with Crippen molar-refractivity contribution in [3.8, 4) is 28.6 Å². The molecule has 4 rings (SSSR count). The number of anilines is 2. The number of aliphatic imine (C=N–C) groups is 1. The maximum absolute atomic E-state index is 13.4. The minimum Gasteiger partial charge on any atom is -0.435 e. The molecule has 0 bridgehead atoms. The molecule has 1 aliphatic heterocycles. The summed E-state index contributed by atoms with van der Waals surface area (Å²) in [6.07, 6.45) is -1.98. The van der Waals surface area contributed by atoms with E-state index in [-0.39, 0.29) is 17.6 Å². The Bertz CT molecular complexity index is 1400. The first-order valence-electron chi connectivity index (χ1n) is 12.8. The third-order valence-electron chi connectivity index (χ3n) is 6.36. The fraction of sp³-hybridized carbons (Fsp3) is 0.321. The van der Waals surface area contributed by atoms with Gasteiger partial charge in [-0.25, -0.2) is 4.98 Å². The van der Waals surface area contributed by atoms with Crippen LogP contribution in [0.5, 0.6) is 17.4 Å². The van der Waals surface area contributed by atoms with Gasteiger partial charge in [0, 0.05) is 69.0 Å². The minimum atomic E-state index is -4.91. The molecule has 1 aliphatic rings. The van der Waals surface area contributed by atoms with E-state index in [2.05, 4.69) is 29.3 Å². The fourth-order valence-electron chi connectivity index (χ4n) is 4.36. The van der Waals surface area contributed by atoms with Gasteiger partial charge in [0.25, 0.3) is 0 Å². The van der Waals surface area contributed by atoms with Crippen molar-refractivity contribution in [2.75, 3.05) is 49.9 Å². The summed E-state index contributed by atoms with van der Waals surface area (Å²) in [7, 11) is 3.62. The molecule has 0 saturated carbocycles. The number of nitrogens with two attached hydrogens (primary N) is 1. The number of benzene rings is 2. The number of hydrogen-bond acceptors (Lipinski definition) is 10. The lowest BCUT2D eigenvalue weighted by Gasteiger charge is -2.34. The zero-order valence-electron chi connectivity index (χ0n) is 23.2. The molecule has 3 N–H and O–H groups in total. The third-order valence-corrected chi connectivity index (χ3v) is 7.12. The van der Waals surface area contributed by atoms with Crippen molar-refractivity contribution in [1.82, 2.24) is 14.9 Å². The third kappa shape index (κ3) is 8.04. The molecule has 218 valence electrons. The molecule has 1 fully saturated rings. The number of ether oxygens (including phenoxy) is 2. The molecule has 41 heavy (non-hydrogen) atoms. The molecule has 13 heteroatoms. The summed E-state index contributed by atoms with van der Waals surface area (Å²) in [6.45, 7) is 6.87. The molecule has 3 aromatic rings. The monoisotopic (exact) mass is 587 g/mol. The van der Waals surface area contributed by atoms with E-state index in [1.54, 1.807) is 25.4 Å². The Labute approximate surface area is 241 Å². The number of aromatic nitrogens is 2. The average Bonchev–Trinajstić information content (AvgIpc) is 2.91. The van der Waals surface area contributed by atoms with Crippen LogP contribution in [0.2, 0.25) is 0 Å². The number of piperazine rings is 1. The number of nitrogens with one attached hydrogen (secondary N) is 1. The Morgan fingerprint density at radius 1 is 1.05 bits per heavy atom. The molecule has 9 nitrogen and oxygen atoms in total. The van der Waals surface area contributed by atoms with E-state index in [1.165, 1.54) is 18.3 Å². The summed E-state index contributed by atoms with van der Waals surface area (Å²) >= 11 is 1.13. The normalized spacial score (nSPS) is 14.9. The van der Waals surface area contributed by atoms with Crippen LogP contribution in [0.25, 0.3) is 11.3 Å². The molecule has 0 aliphatic carbocycles. The predicted octanol–water partition coefficient (Wildman–Crippen LogP) is 5.76. The number of aryl methyl sites for hydroxylation is 2. The van der Waals surface area contributed by atoms with E-state index in [0.29, 0.717) is 29.4 Å². The number of alkyl halides is 3. The zero-order chi connectivity index (χ0) is 29.6. The molecule has 0 radical (unpaired) electrons. The van der Waals surface area contributed by atoms with Gasteiger partial charge < -0.3 is 25.0 Å². The van der Waals surface area contributed by atoms with Crippen molar-refractivity contribution in [3.63, 3.8) is 0 Å². The SMILES string of the molecule is CN=C/C(=C\N)SNc1nc(Oc2ccc(N3CCN(C)CC3)cc2OC(F)(F)F)cc(-c2c(C)cccc2C)n1. The number of nitrogens with zero attached hydrogens (tertiary/aromatic N) is 5. The van der Waals surface area contributed by atoms with Crippen LogP contribution in [0.1, 0.15) is 11.1 Å². The number of allylic oxidation sites excluding steroid dienone is 1. The maximum Gasteiger partial charge on any atom is 0.573 e. The first kappa shape index (κ1) is 30.0. The molecule has 0 unspecified atom stereocenters. The van der Waals surface area contributed by atoms with Crippen LogP contribution < -0.4 is 24.8 Å². The number of halogens is 3. The summed E-state index contributed by atoms with van der Waals surface area (Å²) in [5.41, 5.74) is 9.59. The van der Waals surface area contributed by atoms with Gasteiger partial charge in [-0.1, -0.05) is 18.2 Å². The van der Waals surface area contributed by atoms with E-state index in [1.807, 2.05) is 44.0 Å². The highest BCUT2D eigenvalue weighted by Crippen LogP contribution is 2.39. The molecular weight excluding hydrogens is 555 g/mol. The number of likely N-dealkylation sites (N-methyl/N-ethyl adjacent to an activating group) is 1. The lowest BCUT2D eigenvalue weighted by Crippen LogP contribution is -2.44. The Morgan fingerprint density at radius 2 is 1.76 bits per heavy atom. The van der Waals surface area contributed by atoms with E-state index in [9.17, 15) is 13.2 Å². The van der Waals surface area contributed by atoms with Crippen LogP contribution in [0.4, 0.5) is 24.8 Å². The van der Waals surface area contributed by atoms with Crippen molar-refractivity contribution < 1.29 is 22.6 Å². The van der Waals surface area contributed by atoms with Crippen molar-refractivity contribution in [2.24, 2.45) is 10.7 Å². The predicted molar refractivity (Wildman–Crippen MR) is 158 cm³/mol. The lowest BCUT2D eigenvalue weighted by molar-refractivity contribution is -0.275. The van der Waals surface area contributed by atoms with Gasteiger partial charge in [-0.3, -0.25) is 9.71 Å². The molecular formula is C28H32F3N7O2S. The molecule has 2 aromatic carbocycles. The topological polar surface area (TPSA) is 101 Å². The van der Waals surface area contributed by atoms with Gasteiger partial charge in [-0.05, 0) is 56.1 Å². The van der Waals surface area contributed by atoms with Crippen LogP contribution in [-0.4, -0.2) is 67.7 Å². The van der Waals surface area contributed by atoms with Crippen LogP contribution in [-0.2, 0) is 0 Å². The summed E-state index contributed by atoms with van der Waals surface area (Å²) in [4.78, 5) is 17.8. The van der Waals surface area contributed by atoms with Crippen molar-refractivity contribution >= 4 is 29.8 Å². The smallest absolute Gasteiger partial charge is 0.435 e. The second-order valence-corrected chi connectivity index (χ2v) is 10.3. The highest BCUT2D eigenvalue weighted by Gasteiger charge is 2.33. The van der Waals surface area contributed by atoms with E-state index >= 15 is 0 Å². The Hall–Kier alpha value is -3.97. The molecule has 1 saturated heterocycles. The van der Waals surface area contributed by atoms with Gasteiger partial charge in [0.05, 0.1) is 10.6 Å². The van der Waals surface area contributed by atoms with Gasteiger partial charge in [0.1, 0.15) is 0 Å². The highest BCUT2D eigenvalue weighted by molar-refractivity contribution is 8.05. The first-order chi connectivity index (χ1) is 19.6. The second-order valence-electron chi connectivity index (χ2n) is 9.41. The quantitative estimate of drug-likeness (QED) is 0.239. The lowest BCUT2D eigenvalue weighted by atomic mass is 10.00. The van der Waals surface area contributed by atoms with Crippen molar-refractivity contribution in [3.05, 3.63) is 64.7 Å². The van der Waals surface area contributed by atoms with Crippen LogP contribution in [0.3, 0.4) is 0 Å². The van der Waals surface area contributed by atoms with Crippen LogP contribution in [0.15, 0.2) is 58.6 Å². The molecule has 1 aromatic heterocycles. The number of rotatable bonds is 9. The Morgan fingerprint density at radius 3 is 2.39 bits per heavy atom. The molecule has 0 amide bonds. The van der Waals surface area contributed by atoms with Gasteiger partial charge in [0.15, 0.2) is 11.5 Å². The fourth-order valence-corrected chi connectivity index (χ4v) is 4.89.